The third-order valence-corrected chi connectivity index (χ3v) is 2.29. The second-order valence-corrected chi connectivity index (χ2v) is 3.39. The molecule has 4 nitrogen and oxygen atoms in total. The van der Waals surface area contributed by atoms with Crippen LogP contribution in [0.2, 0.25) is 0 Å². The standard InChI is InChI=1S/C11H15NO3/c1-8-4-5-10(9(2)13)11(14)12(8)6-7-15-3/h4-5H,6-7H2,1-3H3. The second-order valence-electron chi connectivity index (χ2n) is 3.39. The highest BCUT2D eigenvalue weighted by Crippen LogP contribution is 1.99. The van der Waals surface area contributed by atoms with Gasteiger partial charge in [0.2, 0.25) is 0 Å². The molecule has 0 unspecified atom stereocenters. The van der Waals surface area contributed by atoms with Crippen LogP contribution in [0.5, 0.6) is 0 Å². The van der Waals surface area contributed by atoms with Crippen LogP contribution < -0.4 is 5.56 Å². The zero-order chi connectivity index (χ0) is 11.4. The number of carbonyl (C=O) groups excluding carboxylic acids is 1. The second kappa shape index (κ2) is 4.89. The van der Waals surface area contributed by atoms with Gasteiger partial charge in [0.1, 0.15) is 0 Å². The molecule has 1 heterocycles. The normalized spacial score (nSPS) is 10.3. The third kappa shape index (κ3) is 2.53. The topological polar surface area (TPSA) is 48.3 Å². The van der Waals surface area contributed by atoms with Crippen molar-refractivity contribution in [3.05, 3.63) is 33.7 Å². The Morgan fingerprint density at radius 2 is 2.13 bits per heavy atom. The highest BCUT2D eigenvalue weighted by molar-refractivity contribution is 5.93. The van der Waals surface area contributed by atoms with Gasteiger partial charge in [-0.1, -0.05) is 0 Å². The summed E-state index contributed by atoms with van der Waals surface area (Å²) in [5.74, 6) is -0.203. The number of pyridine rings is 1. The Bertz CT molecular complexity index is 420. The molecule has 0 spiro atoms. The summed E-state index contributed by atoms with van der Waals surface area (Å²) in [6.07, 6.45) is 0. The molecule has 0 saturated carbocycles. The predicted molar refractivity (Wildman–Crippen MR) is 57.3 cm³/mol. The number of ether oxygens (including phenoxy) is 1. The average Bonchev–Trinajstić information content (AvgIpc) is 2.17. The van der Waals surface area contributed by atoms with Crippen LogP contribution in [-0.2, 0) is 11.3 Å². The lowest BCUT2D eigenvalue weighted by atomic mass is 10.2. The Morgan fingerprint density at radius 3 is 2.67 bits per heavy atom. The Hall–Kier alpha value is -1.42. The maximum absolute atomic E-state index is 11.8. The van der Waals surface area contributed by atoms with Gasteiger partial charge in [0, 0.05) is 19.3 Å². The van der Waals surface area contributed by atoms with Gasteiger partial charge in [0.25, 0.3) is 5.56 Å². The van der Waals surface area contributed by atoms with Crippen LogP contribution in [0, 0.1) is 6.92 Å². The van der Waals surface area contributed by atoms with Gasteiger partial charge in [-0.25, -0.2) is 0 Å². The molecule has 0 radical (unpaired) electrons. The van der Waals surface area contributed by atoms with E-state index in [9.17, 15) is 9.59 Å². The number of Topliss-reactive ketones (excluding diaryl/α,β-unsaturated/α-hetero) is 1. The van der Waals surface area contributed by atoms with Crippen molar-refractivity contribution in [1.82, 2.24) is 4.57 Å². The van der Waals surface area contributed by atoms with Gasteiger partial charge in [-0.3, -0.25) is 9.59 Å². The van der Waals surface area contributed by atoms with Crippen LogP contribution in [0.3, 0.4) is 0 Å². The molecule has 0 atom stereocenters. The SMILES string of the molecule is COCCn1c(C)ccc(C(C)=O)c1=O. The van der Waals surface area contributed by atoms with E-state index < -0.39 is 0 Å². The number of aromatic nitrogens is 1. The first-order valence-corrected chi connectivity index (χ1v) is 4.78. The van der Waals surface area contributed by atoms with Gasteiger partial charge >= 0.3 is 0 Å². The molecule has 0 aromatic carbocycles. The fourth-order valence-corrected chi connectivity index (χ4v) is 1.40. The van der Waals surface area contributed by atoms with Crippen LogP contribution in [0.25, 0.3) is 0 Å². The summed E-state index contributed by atoms with van der Waals surface area (Å²) < 4.78 is 6.47. The van der Waals surface area contributed by atoms with Gasteiger partial charge < -0.3 is 9.30 Å². The number of methoxy groups -OCH3 is 1. The average molecular weight is 209 g/mol. The molecule has 0 fully saturated rings. The van der Waals surface area contributed by atoms with E-state index in [1.54, 1.807) is 23.8 Å². The lowest BCUT2D eigenvalue weighted by Gasteiger charge is -2.10. The summed E-state index contributed by atoms with van der Waals surface area (Å²) in [6, 6.07) is 3.34. The van der Waals surface area contributed by atoms with Gasteiger partial charge in [0.15, 0.2) is 5.78 Å². The van der Waals surface area contributed by atoms with Crippen molar-refractivity contribution in [3.63, 3.8) is 0 Å². The summed E-state index contributed by atoms with van der Waals surface area (Å²) in [5.41, 5.74) is 0.832. The van der Waals surface area contributed by atoms with Crippen molar-refractivity contribution in [2.45, 2.75) is 20.4 Å². The maximum atomic E-state index is 11.8. The summed E-state index contributed by atoms with van der Waals surface area (Å²) in [7, 11) is 1.58. The largest absolute Gasteiger partial charge is 0.383 e. The molecule has 1 aromatic rings. The molecule has 0 saturated heterocycles. The number of carbonyl (C=O) groups is 1. The highest BCUT2D eigenvalue weighted by atomic mass is 16.5. The lowest BCUT2D eigenvalue weighted by molar-refractivity contribution is 0.101. The molecule has 82 valence electrons. The number of hydrogen-bond donors (Lipinski definition) is 0. The molecule has 0 aliphatic rings. The number of rotatable bonds is 4. The van der Waals surface area contributed by atoms with Gasteiger partial charge in [-0.05, 0) is 26.0 Å². The van der Waals surface area contributed by atoms with Crippen molar-refractivity contribution in [2.24, 2.45) is 0 Å². The smallest absolute Gasteiger partial charge is 0.261 e. The van der Waals surface area contributed by atoms with Crippen LogP contribution >= 0.6 is 0 Å². The van der Waals surface area contributed by atoms with Gasteiger partial charge in [0.05, 0.1) is 12.2 Å². The summed E-state index contributed by atoms with van der Waals surface area (Å²) in [6.45, 7) is 4.16. The number of hydrogen-bond acceptors (Lipinski definition) is 3. The monoisotopic (exact) mass is 209 g/mol. The zero-order valence-electron chi connectivity index (χ0n) is 9.24. The minimum atomic E-state index is -0.237. The Morgan fingerprint density at radius 1 is 1.47 bits per heavy atom. The van der Waals surface area contributed by atoms with Crippen LogP contribution in [-0.4, -0.2) is 24.1 Å². The van der Waals surface area contributed by atoms with E-state index in [4.69, 9.17) is 4.74 Å². The fraction of sp³-hybridized carbons (Fsp3) is 0.455. The third-order valence-electron chi connectivity index (χ3n) is 2.29. The van der Waals surface area contributed by atoms with E-state index in [-0.39, 0.29) is 16.9 Å². The molecule has 0 aliphatic heterocycles. The first kappa shape index (κ1) is 11.7. The predicted octanol–water partition coefficient (Wildman–Crippen LogP) is 1.01. The Balaban J connectivity index is 3.18. The van der Waals surface area contributed by atoms with Crippen LogP contribution in [0.1, 0.15) is 23.0 Å². The molecule has 0 N–H and O–H groups in total. The first-order chi connectivity index (χ1) is 7.07. The van der Waals surface area contributed by atoms with Gasteiger partial charge in [-0.2, -0.15) is 0 Å². The highest BCUT2D eigenvalue weighted by Gasteiger charge is 2.09. The van der Waals surface area contributed by atoms with Crippen LogP contribution in [0.15, 0.2) is 16.9 Å². The van der Waals surface area contributed by atoms with Crippen LogP contribution in [0.4, 0.5) is 0 Å². The summed E-state index contributed by atoms with van der Waals surface area (Å²) in [5, 5.41) is 0. The van der Waals surface area contributed by atoms with E-state index >= 15 is 0 Å². The number of nitrogens with zero attached hydrogens (tertiary/aromatic N) is 1. The molecule has 0 aliphatic carbocycles. The van der Waals surface area contributed by atoms with E-state index in [1.807, 2.05) is 6.92 Å². The Kier molecular flexibility index (Phi) is 3.80. The van der Waals surface area contributed by atoms with Crippen molar-refractivity contribution in [3.8, 4) is 0 Å². The minimum absolute atomic E-state index is 0.203. The number of aryl methyl sites for hydroxylation is 1. The molecular formula is C11H15NO3. The summed E-state index contributed by atoms with van der Waals surface area (Å²) in [4.78, 5) is 23.0. The molecule has 4 heteroatoms. The fourth-order valence-electron chi connectivity index (χ4n) is 1.40. The van der Waals surface area contributed by atoms with E-state index in [0.29, 0.717) is 13.2 Å². The first-order valence-electron chi connectivity index (χ1n) is 4.78. The zero-order valence-corrected chi connectivity index (χ0v) is 9.24. The molecular weight excluding hydrogens is 194 g/mol. The molecule has 1 rings (SSSR count). The molecule has 0 amide bonds. The molecule has 15 heavy (non-hydrogen) atoms. The minimum Gasteiger partial charge on any atom is -0.383 e. The van der Waals surface area contributed by atoms with E-state index in [2.05, 4.69) is 0 Å². The molecule has 0 bridgehead atoms. The Labute approximate surface area is 88.5 Å². The van der Waals surface area contributed by atoms with Crippen molar-refractivity contribution < 1.29 is 9.53 Å². The van der Waals surface area contributed by atoms with Crippen molar-refractivity contribution in [1.29, 1.82) is 0 Å². The quantitative estimate of drug-likeness (QED) is 0.695. The molecule has 1 aromatic heterocycles. The summed E-state index contributed by atoms with van der Waals surface area (Å²) >= 11 is 0. The van der Waals surface area contributed by atoms with E-state index in [0.717, 1.165) is 5.69 Å². The van der Waals surface area contributed by atoms with E-state index in [1.165, 1.54) is 6.92 Å². The maximum Gasteiger partial charge on any atom is 0.261 e. The van der Waals surface area contributed by atoms with Gasteiger partial charge in [-0.15, -0.1) is 0 Å². The van der Waals surface area contributed by atoms with Crippen molar-refractivity contribution in [2.75, 3.05) is 13.7 Å². The lowest BCUT2D eigenvalue weighted by Crippen LogP contribution is -2.28. The number of ketones is 1. The van der Waals surface area contributed by atoms with Crippen molar-refractivity contribution >= 4 is 5.78 Å².